The Morgan fingerprint density at radius 2 is 2.40 bits per heavy atom. The minimum Gasteiger partial charge on any atom is -0.396 e. The minimum absolute atomic E-state index is 0.155. The molecule has 112 valence electrons. The van der Waals surface area contributed by atoms with E-state index < -0.39 is 0 Å². The van der Waals surface area contributed by atoms with Crippen LogP contribution in [0.2, 0.25) is 0 Å². The fraction of sp³-hybridized carbons (Fsp3) is 0.714. The number of nitrogens with zero attached hydrogens (tertiary/aromatic N) is 2. The Morgan fingerprint density at radius 3 is 2.95 bits per heavy atom. The average Bonchev–Trinajstić information content (AvgIpc) is 2.77. The van der Waals surface area contributed by atoms with Crippen LogP contribution in [0.1, 0.15) is 36.4 Å². The van der Waals surface area contributed by atoms with Crippen LogP contribution in [0.25, 0.3) is 0 Å². The van der Waals surface area contributed by atoms with E-state index in [1.165, 1.54) is 6.42 Å². The molecule has 1 fully saturated rings. The maximum atomic E-state index is 12.3. The van der Waals surface area contributed by atoms with Crippen molar-refractivity contribution in [1.82, 2.24) is 9.88 Å². The number of aliphatic hydroxyl groups excluding tert-OH is 1. The van der Waals surface area contributed by atoms with E-state index in [2.05, 4.69) is 10.4 Å². The maximum Gasteiger partial charge on any atom is 0.232 e. The zero-order valence-corrected chi connectivity index (χ0v) is 13.5. The van der Waals surface area contributed by atoms with Crippen molar-refractivity contribution in [3.05, 3.63) is 16.1 Å². The van der Waals surface area contributed by atoms with Crippen molar-refractivity contribution in [2.24, 2.45) is 0 Å². The lowest BCUT2D eigenvalue weighted by atomic mass is 9.91. The summed E-state index contributed by atoms with van der Waals surface area (Å²) < 4.78 is 0. The Balaban J connectivity index is 1.75. The molecule has 0 atom stereocenters. The number of aliphatic hydroxyl groups is 1. The molecule has 0 spiro atoms. The molecule has 0 radical (unpaired) electrons. The van der Waals surface area contributed by atoms with Crippen molar-refractivity contribution in [3.63, 3.8) is 0 Å². The summed E-state index contributed by atoms with van der Waals surface area (Å²) in [6.45, 7) is 2.84. The van der Waals surface area contributed by atoms with Crippen LogP contribution in [0.3, 0.4) is 0 Å². The minimum atomic E-state index is 0.155. The second kappa shape index (κ2) is 8.00. The number of thioether (sulfide) groups is 1. The number of aromatic nitrogens is 1. The Bertz CT molecular complexity index is 433. The van der Waals surface area contributed by atoms with Gasteiger partial charge in [0.2, 0.25) is 5.91 Å². The van der Waals surface area contributed by atoms with E-state index in [1.807, 2.05) is 11.8 Å². The molecule has 1 aromatic heterocycles. The zero-order chi connectivity index (χ0) is 14.4. The van der Waals surface area contributed by atoms with Crippen LogP contribution < -0.4 is 0 Å². The van der Waals surface area contributed by atoms with Crippen molar-refractivity contribution in [3.8, 4) is 0 Å². The van der Waals surface area contributed by atoms with Crippen molar-refractivity contribution in [2.75, 3.05) is 18.9 Å². The lowest BCUT2D eigenvalue weighted by Crippen LogP contribution is -2.45. The molecule has 1 aromatic rings. The first-order valence-electron chi connectivity index (χ1n) is 7.10. The Labute approximate surface area is 128 Å². The number of hydrogen-bond acceptors (Lipinski definition) is 5. The summed E-state index contributed by atoms with van der Waals surface area (Å²) in [5, 5.41) is 12.1. The SMILES string of the molecule is Cc1nc(CSCC(=O)N(CCCO)C2CCC2)cs1. The van der Waals surface area contributed by atoms with Gasteiger partial charge in [-0.3, -0.25) is 4.79 Å². The number of amides is 1. The first-order valence-corrected chi connectivity index (χ1v) is 9.13. The Kier molecular flexibility index (Phi) is 6.32. The normalized spacial score (nSPS) is 15.1. The maximum absolute atomic E-state index is 12.3. The van der Waals surface area contributed by atoms with E-state index in [9.17, 15) is 4.79 Å². The lowest BCUT2D eigenvalue weighted by molar-refractivity contribution is -0.132. The molecule has 0 unspecified atom stereocenters. The van der Waals surface area contributed by atoms with E-state index in [4.69, 9.17) is 5.11 Å². The molecule has 1 aliphatic rings. The van der Waals surface area contributed by atoms with Crippen LogP contribution in [0, 0.1) is 6.92 Å². The van der Waals surface area contributed by atoms with Crippen molar-refractivity contribution in [2.45, 2.75) is 44.4 Å². The highest BCUT2D eigenvalue weighted by atomic mass is 32.2. The smallest absolute Gasteiger partial charge is 0.232 e. The van der Waals surface area contributed by atoms with Crippen LogP contribution in [0.5, 0.6) is 0 Å². The molecule has 1 aliphatic carbocycles. The largest absolute Gasteiger partial charge is 0.396 e. The van der Waals surface area contributed by atoms with Gasteiger partial charge in [-0.05, 0) is 32.6 Å². The highest BCUT2D eigenvalue weighted by Crippen LogP contribution is 2.26. The third-order valence-corrected chi connectivity index (χ3v) is 5.31. The van der Waals surface area contributed by atoms with Crippen molar-refractivity contribution >= 4 is 29.0 Å². The van der Waals surface area contributed by atoms with Gasteiger partial charge in [-0.25, -0.2) is 4.98 Å². The summed E-state index contributed by atoms with van der Waals surface area (Å²) in [6.07, 6.45) is 4.14. The fourth-order valence-corrected chi connectivity index (χ4v) is 3.77. The van der Waals surface area contributed by atoms with Gasteiger partial charge in [0, 0.05) is 30.3 Å². The molecule has 6 heteroatoms. The van der Waals surface area contributed by atoms with E-state index in [0.717, 1.165) is 29.3 Å². The monoisotopic (exact) mass is 314 g/mol. The molecule has 0 aliphatic heterocycles. The quantitative estimate of drug-likeness (QED) is 0.801. The van der Waals surface area contributed by atoms with Crippen molar-refractivity contribution < 1.29 is 9.90 Å². The second-order valence-electron chi connectivity index (χ2n) is 5.10. The molecule has 2 rings (SSSR count). The first kappa shape index (κ1) is 15.8. The van der Waals surface area contributed by atoms with Gasteiger partial charge in [0.05, 0.1) is 16.5 Å². The number of thiazole rings is 1. The summed E-state index contributed by atoms with van der Waals surface area (Å²) in [5.41, 5.74) is 1.07. The van der Waals surface area contributed by atoms with Gasteiger partial charge in [-0.1, -0.05) is 0 Å². The van der Waals surface area contributed by atoms with E-state index in [-0.39, 0.29) is 12.5 Å². The Morgan fingerprint density at radius 1 is 1.60 bits per heavy atom. The van der Waals surface area contributed by atoms with Gasteiger partial charge < -0.3 is 10.0 Å². The molecule has 1 N–H and O–H groups in total. The van der Waals surface area contributed by atoms with Gasteiger partial charge in [0.1, 0.15) is 0 Å². The molecule has 1 saturated carbocycles. The average molecular weight is 314 g/mol. The molecule has 1 heterocycles. The van der Waals surface area contributed by atoms with Gasteiger partial charge >= 0.3 is 0 Å². The van der Waals surface area contributed by atoms with E-state index >= 15 is 0 Å². The molecule has 20 heavy (non-hydrogen) atoms. The number of rotatable bonds is 8. The summed E-state index contributed by atoms with van der Waals surface area (Å²) in [5.74, 6) is 1.52. The standard InChI is InChI=1S/C14H22N2O2S2/c1-11-15-12(9-20-11)8-19-10-14(18)16(6-3-7-17)13-4-2-5-13/h9,13,17H,2-8,10H2,1H3. The third-order valence-electron chi connectivity index (χ3n) is 3.53. The first-order chi connectivity index (χ1) is 9.70. The van der Waals surface area contributed by atoms with Crippen LogP contribution in [0.15, 0.2) is 5.38 Å². The topological polar surface area (TPSA) is 53.4 Å². The van der Waals surface area contributed by atoms with Crippen molar-refractivity contribution in [1.29, 1.82) is 0 Å². The molecular weight excluding hydrogens is 292 g/mol. The molecule has 1 amide bonds. The van der Waals surface area contributed by atoms with Crippen LogP contribution in [-0.2, 0) is 10.5 Å². The van der Waals surface area contributed by atoms with Gasteiger partial charge in [0.15, 0.2) is 0 Å². The van der Waals surface area contributed by atoms with Gasteiger partial charge in [-0.15, -0.1) is 23.1 Å². The number of aryl methyl sites for hydroxylation is 1. The molecular formula is C14H22N2O2S2. The van der Waals surface area contributed by atoms with Crippen LogP contribution in [0.4, 0.5) is 0 Å². The summed E-state index contributed by atoms with van der Waals surface area (Å²) >= 11 is 3.28. The lowest BCUT2D eigenvalue weighted by Gasteiger charge is -2.37. The van der Waals surface area contributed by atoms with E-state index in [0.29, 0.717) is 24.8 Å². The molecule has 0 saturated heterocycles. The number of hydrogen-bond donors (Lipinski definition) is 1. The predicted molar refractivity (Wildman–Crippen MR) is 84.1 cm³/mol. The number of carbonyl (C=O) groups excluding carboxylic acids is 1. The van der Waals surface area contributed by atoms with Gasteiger partial charge in [-0.2, -0.15) is 0 Å². The highest BCUT2D eigenvalue weighted by Gasteiger charge is 2.27. The fourth-order valence-electron chi connectivity index (χ4n) is 2.25. The molecule has 0 aromatic carbocycles. The highest BCUT2D eigenvalue weighted by molar-refractivity contribution is 7.99. The Hall–Kier alpha value is -0.590. The second-order valence-corrected chi connectivity index (χ2v) is 7.15. The van der Waals surface area contributed by atoms with Gasteiger partial charge in [0.25, 0.3) is 0 Å². The summed E-state index contributed by atoms with van der Waals surface area (Å²) in [4.78, 5) is 18.7. The van der Waals surface area contributed by atoms with E-state index in [1.54, 1.807) is 23.1 Å². The summed E-state index contributed by atoms with van der Waals surface area (Å²) in [6, 6.07) is 0.413. The zero-order valence-electron chi connectivity index (χ0n) is 11.9. The molecule has 4 nitrogen and oxygen atoms in total. The third kappa shape index (κ3) is 4.46. The van der Waals surface area contributed by atoms with Crippen LogP contribution in [-0.4, -0.2) is 45.8 Å². The summed E-state index contributed by atoms with van der Waals surface area (Å²) in [7, 11) is 0. The predicted octanol–water partition coefficient (Wildman–Crippen LogP) is 2.45. The number of carbonyl (C=O) groups is 1. The van der Waals surface area contributed by atoms with Crippen LogP contribution >= 0.6 is 23.1 Å². The molecule has 0 bridgehead atoms.